The highest BCUT2D eigenvalue weighted by atomic mass is 32.1. The van der Waals surface area contributed by atoms with E-state index >= 15 is 0 Å². The number of hydrogen-bond donors (Lipinski definition) is 2. The normalized spacial score (nSPS) is 18.3. The fourth-order valence-corrected chi connectivity index (χ4v) is 4.13. The molecule has 1 fully saturated rings. The number of nitrogens with one attached hydrogen (secondary N) is 2. The number of rotatable bonds is 9. The van der Waals surface area contributed by atoms with Crippen molar-refractivity contribution in [2.75, 3.05) is 41.0 Å². The molecule has 1 saturated heterocycles. The maximum atomic E-state index is 13.0. The number of likely N-dealkylation sites (tertiary alicyclic amines) is 1. The van der Waals surface area contributed by atoms with E-state index in [9.17, 15) is 4.79 Å². The molecule has 2 rings (SSSR count). The van der Waals surface area contributed by atoms with E-state index in [0.717, 1.165) is 18.4 Å². The van der Waals surface area contributed by atoms with Gasteiger partial charge in [0.15, 0.2) is 16.6 Å². The van der Waals surface area contributed by atoms with Gasteiger partial charge >= 0.3 is 0 Å². The largest absolute Gasteiger partial charge is 0.493 e. The zero-order valence-corrected chi connectivity index (χ0v) is 19.7. The van der Waals surface area contributed by atoms with E-state index in [-0.39, 0.29) is 23.8 Å². The van der Waals surface area contributed by atoms with E-state index in [1.807, 2.05) is 26.0 Å². The molecule has 0 radical (unpaired) electrons. The molecule has 2 atom stereocenters. The maximum absolute atomic E-state index is 13.0. The van der Waals surface area contributed by atoms with Crippen LogP contribution in [-0.4, -0.2) is 62.9 Å². The minimum Gasteiger partial charge on any atom is -0.493 e. The van der Waals surface area contributed by atoms with Crippen molar-refractivity contribution in [3.05, 3.63) is 17.7 Å². The second-order valence-electron chi connectivity index (χ2n) is 7.83. The lowest BCUT2D eigenvalue weighted by Gasteiger charge is -2.22. The molecule has 1 aliphatic heterocycles. The zero-order chi connectivity index (χ0) is 22.3. The van der Waals surface area contributed by atoms with Gasteiger partial charge in [-0.25, -0.2) is 0 Å². The summed E-state index contributed by atoms with van der Waals surface area (Å²) in [6.07, 6.45) is 2.00. The van der Waals surface area contributed by atoms with Crippen molar-refractivity contribution in [3.63, 3.8) is 0 Å². The SMILES string of the molecule is CCCCNC(=O)C1CN(C(=S)NC(C)C)CC1c1cc(OC)c(OC)c(OC)c1. The number of ether oxygens (including phenoxy) is 3. The molecule has 2 N–H and O–H groups in total. The topological polar surface area (TPSA) is 72.1 Å². The summed E-state index contributed by atoms with van der Waals surface area (Å²) in [5.41, 5.74) is 0.968. The van der Waals surface area contributed by atoms with E-state index in [0.29, 0.717) is 42.0 Å². The first-order valence-corrected chi connectivity index (χ1v) is 10.9. The Balaban J connectivity index is 2.37. The number of amides is 1. The molecule has 0 aliphatic carbocycles. The highest BCUT2D eigenvalue weighted by Gasteiger charge is 2.40. The lowest BCUT2D eigenvalue weighted by Crippen LogP contribution is -2.42. The molecular formula is C22H35N3O4S. The molecule has 1 amide bonds. The fraction of sp³-hybridized carbons (Fsp3) is 0.636. The van der Waals surface area contributed by atoms with Crippen LogP contribution in [0.5, 0.6) is 17.2 Å². The first kappa shape index (κ1) is 24.1. The van der Waals surface area contributed by atoms with E-state index in [1.165, 1.54) is 0 Å². The Morgan fingerprint density at radius 2 is 1.80 bits per heavy atom. The summed E-state index contributed by atoms with van der Waals surface area (Å²) in [5, 5.41) is 7.05. The van der Waals surface area contributed by atoms with Gasteiger partial charge in [-0.15, -0.1) is 0 Å². The minimum absolute atomic E-state index is 0.0488. The molecule has 7 nitrogen and oxygen atoms in total. The van der Waals surface area contributed by atoms with E-state index in [1.54, 1.807) is 21.3 Å². The summed E-state index contributed by atoms with van der Waals surface area (Å²) in [6.45, 7) is 8.10. The lowest BCUT2D eigenvalue weighted by molar-refractivity contribution is -0.124. The maximum Gasteiger partial charge on any atom is 0.225 e. The zero-order valence-electron chi connectivity index (χ0n) is 18.9. The molecule has 1 heterocycles. The van der Waals surface area contributed by atoms with Crippen molar-refractivity contribution in [2.24, 2.45) is 5.92 Å². The van der Waals surface area contributed by atoms with Gasteiger partial charge in [0.05, 0.1) is 27.2 Å². The Morgan fingerprint density at radius 3 is 2.30 bits per heavy atom. The van der Waals surface area contributed by atoms with Crippen molar-refractivity contribution in [2.45, 2.75) is 45.6 Å². The molecule has 2 unspecified atom stereocenters. The third-order valence-electron chi connectivity index (χ3n) is 5.30. The molecule has 0 aromatic heterocycles. The van der Waals surface area contributed by atoms with Crippen LogP contribution in [0.2, 0.25) is 0 Å². The van der Waals surface area contributed by atoms with Gasteiger partial charge in [-0.05, 0) is 50.2 Å². The molecule has 168 valence electrons. The van der Waals surface area contributed by atoms with Crippen molar-refractivity contribution in [1.82, 2.24) is 15.5 Å². The Hall–Kier alpha value is -2.22. The van der Waals surface area contributed by atoms with E-state index in [2.05, 4.69) is 22.5 Å². The Bertz CT molecular complexity index is 716. The van der Waals surface area contributed by atoms with Gasteiger partial charge in [0.1, 0.15) is 0 Å². The van der Waals surface area contributed by atoms with Crippen LogP contribution in [0, 0.1) is 5.92 Å². The van der Waals surface area contributed by atoms with Gasteiger partial charge in [0, 0.05) is 31.6 Å². The van der Waals surface area contributed by atoms with Gasteiger partial charge < -0.3 is 29.7 Å². The first-order chi connectivity index (χ1) is 14.4. The summed E-state index contributed by atoms with van der Waals surface area (Å²) in [5.74, 6) is 1.48. The number of carbonyl (C=O) groups excluding carboxylic acids is 1. The number of nitrogens with zero attached hydrogens (tertiary/aromatic N) is 1. The number of thiocarbonyl (C=S) groups is 1. The summed E-state index contributed by atoms with van der Waals surface area (Å²) < 4.78 is 16.5. The van der Waals surface area contributed by atoms with Crippen LogP contribution in [0.15, 0.2) is 12.1 Å². The Kier molecular flexibility index (Phi) is 9.02. The number of benzene rings is 1. The number of methoxy groups -OCH3 is 3. The summed E-state index contributed by atoms with van der Waals surface area (Å²) in [4.78, 5) is 15.1. The smallest absolute Gasteiger partial charge is 0.225 e. The summed E-state index contributed by atoms with van der Waals surface area (Å²) in [7, 11) is 4.77. The van der Waals surface area contributed by atoms with Crippen LogP contribution in [-0.2, 0) is 4.79 Å². The molecule has 0 bridgehead atoms. The van der Waals surface area contributed by atoms with Crippen LogP contribution >= 0.6 is 12.2 Å². The standard InChI is InChI=1S/C22H35N3O4S/c1-7-8-9-23-21(26)17-13-25(22(30)24-14(2)3)12-16(17)15-10-18(27-4)20(29-6)19(11-15)28-5/h10-11,14,16-17H,7-9,12-13H2,1-6H3,(H,23,26)(H,24,30). The number of carbonyl (C=O) groups is 1. The Labute approximate surface area is 185 Å². The average Bonchev–Trinajstić information content (AvgIpc) is 3.18. The van der Waals surface area contributed by atoms with Crippen molar-refractivity contribution >= 4 is 23.2 Å². The second-order valence-corrected chi connectivity index (χ2v) is 8.21. The van der Waals surface area contributed by atoms with Crippen molar-refractivity contribution < 1.29 is 19.0 Å². The Morgan fingerprint density at radius 1 is 1.17 bits per heavy atom. The van der Waals surface area contributed by atoms with Crippen LogP contribution in [0.1, 0.15) is 45.1 Å². The molecule has 0 saturated carbocycles. The quantitative estimate of drug-likeness (QED) is 0.455. The van der Waals surface area contributed by atoms with Crippen LogP contribution < -0.4 is 24.8 Å². The summed E-state index contributed by atoms with van der Waals surface area (Å²) >= 11 is 5.59. The van der Waals surface area contributed by atoms with Gasteiger partial charge in [-0.1, -0.05) is 13.3 Å². The minimum atomic E-state index is -0.225. The van der Waals surface area contributed by atoms with Crippen molar-refractivity contribution in [3.8, 4) is 17.2 Å². The monoisotopic (exact) mass is 437 g/mol. The highest BCUT2D eigenvalue weighted by molar-refractivity contribution is 7.80. The summed E-state index contributed by atoms with van der Waals surface area (Å²) in [6, 6.07) is 4.09. The van der Waals surface area contributed by atoms with Gasteiger partial charge in [-0.3, -0.25) is 4.79 Å². The van der Waals surface area contributed by atoms with Crippen molar-refractivity contribution in [1.29, 1.82) is 0 Å². The van der Waals surface area contributed by atoms with Crippen LogP contribution in [0.4, 0.5) is 0 Å². The van der Waals surface area contributed by atoms with Gasteiger partial charge in [-0.2, -0.15) is 0 Å². The third kappa shape index (κ3) is 5.68. The second kappa shape index (κ2) is 11.2. The number of hydrogen-bond acceptors (Lipinski definition) is 5. The molecule has 1 aromatic rings. The average molecular weight is 438 g/mol. The molecule has 1 aliphatic rings. The molecule has 30 heavy (non-hydrogen) atoms. The molecular weight excluding hydrogens is 402 g/mol. The number of unbranched alkanes of at least 4 members (excludes halogenated alkanes) is 1. The lowest BCUT2D eigenvalue weighted by atomic mass is 9.88. The molecule has 0 spiro atoms. The first-order valence-electron chi connectivity index (χ1n) is 10.5. The van der Waals surface area contributed by atoms with E-state index in [4.69, 9.17) is 26.4 Å². The molecule has 1 aromatic carbocycles. The predicted octanol–water partition coefficient (Wildman–Crippen LogP) is 2.93. The predicted molar refractivity (Wildman–Crippen MR) is 123 cm³/mol. The third-order valence-corrected chi connectivity index (χ3v) is 5.68. The van der Waals surface area contributed by atoms with Gasteiger partial charge in [0.25, 0.3) is 0 Å². The highest BCUT2D eigenvalue weighted by Crippen LogP contribution is 2.43. The van der Waals surface area contributed by atoms with Crippen LogP contribution in [0.3, 0.4) is 0 Å². The van der Waals surface area contributed by atoms with E-state index < -0.39 is 0 Å². The van der Waals surface area contributed by atoms with Gasteiger partial charge in [0.2, 0.25) is 11.7 Å². The molecule has 8 heteroatoms. The fourth-order valence-electron chi connectivity index (χ4n) is 3.75. The van der Waals surface area contributed by atoms with Crippen LogP contribution in [0.25, 0.3) is 0 Å².